The van der Waals surface area contributed by atoms with E-state index in [4.69, 9.17) is 14.5 Å². The van der Waals surface area contributed by atoms with Gasteiger partial charge in [-0.2, -0.15) is 0 Å². The molecule has 0 saturated heterocycles. The van der Waals surface area contributed by atoms with Crippen LogP contribution in [0.5, 0.6) is 11.5 Å². The van der Waals surface area contributed by atoms with E-state index in [0.29, 0.717) is 25.1 Å². The van der Waals surface area contributed by atoms with Gasteiger partial charge in [-0.05, 0) is 73.9 Å². The first kappa shape index (κ1) is 23.4. The van der Waals surface area contributed by atoms with Crippen LogP contribution >= 0.6 is 0 Å². The summed E-state index contributed by atoms with van der Waals surface area (Å²) in [4.78, 5) is 17.3. The highest BCUT2D eigenvalue weighted by atomic mass is 16.5. The molecule has 0 atom stereocenters. The van der Waals surface area contributed by atoms with Crippen molar-refractivity contribution in [3.63, 3.8) is 0 Å². The maximum absolute atomic E-state index is 12.5. The summed E-state index contributed by atoms with van der Waals surface area (Å²) in [5.41, 5.74) is 3.92. The zero-order valence-electron chi connectivity index (χ0n) is 19.8. The fourth-order valence-corrected chi connectivity index (χ4v) is 3.97. The third-order valence-electron chi connectivity index (χ3n) is 5.75. The van der Waals surface area contributed by atoms with Gasteiger partial charge in [-0.25, -0.2) is 4.98 Å². The molecule has 0 aliphatic carbocycles. The second-order valence-corrected chi connectivity index (χ2v) is 8.27. The molecule has 4 rings (SSSR count). The Kier molecular flexibility index (Phi) is 7.81. The minimum absolute atomic E-state index is 0.0985. The molecule has 0 aliphatic rings. The summed E-state index contributed by atoms with van der Waals surface area (Å²) in [5, 5.41) is 3.00. The van der Waals surface area contributed by atoms with Gasteiger partial charge in [0.2, 0.25) is 0 Å². The number of fused-ring (bicyclic) bond motifs is 1. The van der Waals surface area contributed by atoms with E-state index in [-0.39, 0.29) is 5.91 Å². The molecule has 0 saturated carbocycles. The fourth-order valence-electron chi connectivity index (χ4n) is 3.97. The van der Waals surface area contributed by atoms with E-state index in [2.05, 4.69) is 35.0 Å². The highest BCUT2D eigenvalue weighted by Crippen LogP contribution is 2.18. The Morgan fingerprint density at radius 3 is 2.59 bits per heavy atom. The van der Waals surface area contributed by atoms with Gasteiger partial charge < -0.3 is 19.4 Å². The molecule has 1 amide bonds. The predicted molar refractivity (Wildman–Crippen MR) is 135 cm³/mol. The molecule has 1 heterocycles. The van der Waals surface area contributed by atoms with Crippen molar-refractivity contribution in [3.8, 4) is 11.5 Å². The number of aryl methyl sites for hydroxylation is 2. The molecule has 6 nitrogen and oxygen atoms in total. The number of carbonyl (C=O) groups is 1. The quantitative estimate of drug-likeness (QED) is 0.315. The first-order valence-corrected chi connectivity index (χ1v) is 11.7. The van der Waals surface area contributed by atoms with Gasteiger partial charge in [0.1, 0.15) is 17.3 Å². The molecule has 1 N–H and O–H groups in total. The van der Waals surface area contributed by atoms with Crippen LogP contribution in [0, 0.1) is 6.92 Å². The average molecular weight is 458 g/mol. The van der Waals surface area contributed by atoms with Crippen LogP contribution in [0.25, 0.3) is 11.0 Å². The van der Waals surface area contributed by atoms with Gasteiger partial charge >= 0.3 is 0 Å². The maximum atomic E-state index is 12.5. The van der Waals surface area contributed by atoms with Crippen LogP contribution in [-0.2, 0) is 13.0 Å². The third-order valence-corrected chi connectivity index (χ3v) is 5.75. The number of para-hydroxylation sites is 2. The summed E-state index contributed by atoms with van der Waals surface area (Å²) in [6, 6.07) is 23.4. The van der Waals surface area contributed by atoms with Crippen molar-refractivity contribution in [2.24, 2.45) is 0 Å². The number of carbonyl (C=O) groups excluding carboxylic acids is 1. The van der Waals surface area contributed by atoms with E-state index in [1.807, 2.05) is 30.3 Å². The zero-order chi connectivity index (χ0) is 23.8. The van der Waals surface area contributed by atoms with E-state index >= 15 is 0 Å². The molecular formula is C28H31N3O3. The molecule has 0 unspecified atom stereocenters. The highest BCUT2D eigenvalue weighted by molar-refractivity contribution is 5.94. The predicted octanol–water partition coefficient (Wildman–Crippen LogP) is 5.19. The monoisotopic (exact) mass is 457 g/mol. The van der Waals surface area contributed by atoms with Crippen molar-refractivity contribution < 1.29 is 14.3 Å². The number of rotatable bonds is 11. The van der Waals surface area contributed by atoms with Gasteiger partial charge in [0, 0.05) is 25.1 Å². The number of hydrogen-bond donors (Lipinski definition) is 1. The van der Waals surface area contributed by atoms with E-state index in [1.54, 1.807) is 31.4 Å². The zero-order valence-corrected chi connectivity index (χ0v) is 19.8. The first-order valence-electron chi connectivity index (χ1n) is 11.7. The molecule has 6 heteroatoms. The standard InChI is InChI=1S/C28H31N3O3/c1-21-8-7-9-24(20-21)34-19-6-5-18-31-26-11-4-3-10-25(26)30-27(31)16-17-29-28(32)22-12-14-23(33-2)15-13-22/h3-4,7-15,20H,5-6,16-19H2,1-2H3,(H,29,32). The van der Waals surface area contributed by atoms with Crippen LogP contribution in [0.15, 0.2) is 72.8 Å². The van der Waals surface area contributed by atoms with Crippen LogP contribution < -0.4 is 14.8 Å². The number of hydrogen-bond acceptors (Lipinski definition) is 4. The minimum Gasteiger partial charge on any atom is -0.497 e. The van der Waals surface area contributed by atoms with E-state index in [0.717, 1.165) is 47.7 Å². The van der Waals surface area contributed by atoms with Crippen LogP contribution in [0.2, 0.25) is 0 Å². The number of nitrogens with zero attached hydrogens (tertiary/aromatic N) is 2. The lowest BCUT2D eigenvalue weighted by Gasteiger charge is -2.11. The molecular weight excluding hydrogens is 426 g/mol. The number of unbranched alkanes of at least 4 members (excludes halogenated alkanes) is 1. The van der Waals surface area contributed by atoms with Gasteiger partial charge in [-0.1, -0.05) is 24.3 Å². The summed E-state index contributed by atoms with van der Waals surface area (Å²) in [6.07, 6.45) is 2.60. The second kappa shape index (κ2) is 11.4. The Morgan fingerprint density at radius 2 is 1.79 bits per heavy atom. The van der Waals surface area contributed by atoms with Gasteiger partial charge in [-0.3, -0.25) is 4.79 Å². The number of methoxy groups -OCH3 is 1. The van der Waals surface area contributed by atoms with Gasteiger partial charge in [0.15, 0.2) is 0 Å². The van der Waals surface area contributed by atoms with Crippen LogP contribution in [0.3, 0.4) is 0 Å². The summed E-state index contributed by atoms with van der Waals surface area (Å²) in [6.45, 7) is 4.13. The van der Waals surface area contributed by atoms with E-state index in [1.165, 1.54) is 5.56 Å². The Hall–Kier alpha value is -3.80. The molecule has 0 fully saturated rings. The number of nitrogens with one attached hydrogen (secondary N) is 1. The number of benzene rings is 3. The highest BCUT2D eigenvalue weighted by Gasteiger charge is 2.11. The van der Waals surface area contributed by atoms with Gasteiger partial charge in [0.25, 0.3) is 5.91 Å². The Balaban J connectivity index is 1.32. The Bertz CT molecular complexity index is 1230. The van der Waals surface area contributed by atoms with Crippen LogP contribution in [-0.4, -0.2) is 35.7 Å². The van der Waals surface area contributed by atoms with Crippen LogP contribution in [0.1, 0.15) is 34.6 Å². The molecule has 0 aliphatic heterocycles. The van der Waals surface area contributed by atoms with E-state index < -0.39 is 0 Å². The molecule has 0 spiro atoms. The molecule has 1 aromatic heterocycles. The normalized spacial score (nSPS) is 10.9. The molecule has 34 heavy (non-hydrogen) atoms. The largest absolute Gasteiger partial charge is 0.497 e. The second-order valence-electron chi connectivity index (χ2n) is 8.27. The number of imidazole rings is 1. The topological polar surface area (TPSA) is 65.4 Å². The molecule has 3 aromatic carbocycles. The third kappa shape index (κ3) is 5.95. The smallest absolute Gasteiger partial charge is 0.251 e. The summed E-state index contributed by atoms with van der Waals surface area (Å²) < 4.78 is 13.3. The average Bonchev–Trinajstić information content (AvgIpc) is 3.21. The first-order chi connectivity index (χ1) is 16.6. The molecule has 4 aromatic rings. The molecule has 0 bridgehead atoms. The summed E-state index contributed by atoms with van der Waals surface area (Å²) in [5.74, 6) is 2.53. The lowest BCUT2D eigenvalue weighted by molar-refractivity contribution is 0.0954. The SMILES string of the molecule is COc1ccc(C(=O)NCCc2nc3ccccc3n2CCCCOc2cccc(C)c2)cc1. The summed E-state index contributed by atoms with van der Waals surface area (Å²) in [7, 11) is 1.61. The Morgan fingerprint density at radius 1 is 0.971 bits per heavy atom. The van der Waals surface area contributed by atoms with Crippen molar-refractivity contribution >= 4 is 16.9 Å². The van der Waals surface area contributed by atoms with Crippen molar-refractivity contribution in [2.45, 2.75) is 32.7 Å². The van der Waals surface area contributed by atoms with Crippen molar-refractivity contribution in [1.82, 2.24) is 14.9 Å². The number of aromatic nitrogens is 2. The maximum Gasteiger partial charge on any atom is 0.251 e. The summed E-state index contributed by atoms with van der Waals surface area (Å²) >= 11 is 0. The number of ether oxygens (including phenoxy) is 2. The van der Waals surface area contributed by atoms with Gasteiger partial charge in [-0.15, -0.1) is 0 Å². The van der Waals surface area contributed by atoms with Crippen molar-refractivity contribution in [3.05, 3.63) is 89.7 Å². The lowest BCUT2D eigenvalue weighted by atomic mass is 10.2. The lowest BCUT2D eigenvalue weighted by Crippen LogP contribution is -2.26. The Labute approximate surface area is 200 Å². The molecule has 176 valence electrons. The van der Waals surface area contributed by atoms with Crippen molar-refractivity contribution in [1.29, 1.82) is 0 Å². The van der Waals surface area contributed by atoms with Gasteiger partial charge in [0.05, 0.1) is 24.8 Å². The van der Waals surface area contributed by atoms with E-state index in [9.17, 15) is 4.79 Å². The van der Waals surface area contributed by atoms with Crippen LogP contribution in [0.4, 0.5) is 0 Å². The minimum atomic E-state index is -0.0985. The molecule has 0 radical (unpaired) electrons. The fraction of sp³-hybridized carbons (Fsp3) is 0.286. The van der Waals surface area contributed by atoms with Crippen molar-refractivity contribution in [2.75, 3.05) is 20.3 Å². The number of amides is 1.